The molecule has 5 rings (SSSR count). The van der Waals surface area contributed by atoms with Gasteiger partial charge in [-0.25, -0.2) is 0 Å². The molecule has 4 aromatic rings. The monoisotopic (exact) mass is 405 g/mol. The molecule has 4 aromatic carbocycles. The molecule has 1 aliphatic rings. The van der Waals surface area contributed by atoms with Crippen molar-refractivity contribution in [2.24, 2.45) is 0 Å². The second-order valence-electron chi connectivity index (χ2n) is 9.23. The Kier molecular flexibility index (Phi) is 6.10. The third-order valence-electron chi connectivity index (χ3n) is 6.33. The molecule has 1 heteroatoms. The van der Waals surface area contributed by atoms with Crippen molar-refractivity contribution < 1.29 is 0 Å². The Bertz CT molecular complexity index is 1210. The molecule has 0 radical (unpaired) electrons. The van der Waals surface area contributed by atoms with Crippen LogP contribution in [-0.4, -0.2) is 0 Å². The van der Waals surface area contributed by atoms with Crippen LogP contribution in [0.3, 0.4) is 0 Å². The Morgan fingerprint density at radius 3 is 1.65 bits per heavy atom. The minimum Gasteiger partial charge on any atom is -0.192 e. The summed E-state index contributed by atoms with van der Waals surface area (Å²) in [7, 11) is 0. The molecule has 0 atom stereocenters. The molecule has 1 saturated carbocycles. The average molecular weight is 406 g/mol. The lowest BCUT2D eigenvalue weighted by atomic mass is 9.92. The number of benzene rings is 4. The van der Waals surface area contributed by atoms with Gasteiger partial charge in [0.1, 0.15) is 0 Å². The van der Waals surface area contributed by atoms with Gasteiger partial charge in [-0.15, -0.1) is 0 Å². The molecule has 1 nitrogen and oxygen atoms in total. The van der Waals surface area contributed by atoms with Crippen LogP contribution in [-0.2, 0) is 0 Å². The second-order valence-corrected chi connectivity index (χ2v) is 9.23. The van der Waals surface area contributed by atoms with Gasteiger partial charge in [-0.2, -0.15) is 5.26 Å². The lowest BCUT2D eigenvalue weighted by Gasteiger charge is -2.13. The predicted octanol–water partition coefficient (Wildman–Crippen LogP) is 8.68. The van der Waals surface area contributed by atoms with Crippen molar-refractivity contribution in [3.8, 4) is 6.07 Å². The lowest BCUT2D eigenvalue weighted by molar-refractivity contribution is 0.875. The molecule has 0 spiro atoms. The zero-order chi connectivity index (χ0) is 22.0. The van der Waals surface area contributed by atoms with Crippen LogP contribution >= 0.6 is 0 Å². The standard InChI is InChI=1S/C16H18.C14H13N/c1-11(2)13-9-10-14(12-7-8-12)16-6-4-3-5-15(13)16;1-10(2)12-8-7-11(9-15)13-5-3-4-6-14(12)13/h3-6,9-12H,7-8H2,1-2H3;3-8,10H,1-2H3. The van der Waals surface area contributed by atoms with Crippen LogP contribution in [0.2, 0.25) is 0 Å². The van der Waals surface area contributed by atoms with Gasteiger partial charge in [0.15, 0.2) is 0 Å². The van der Waals surface area contributed by atoms with Crippen molar-refractivity contribution in [1.82, 2.24) is 0 Å². The third-order valence-corrected chi connectivity index (χ3v) is 6.33. The van der Waals surface area contributed by atoms with Crippen LogP contribution < -0.4 is 0 Å². The van der Waals surface area contributed by atoms with Crippen LogP contribution in [0, 0.1) is 11.3 Å². The fourth-order valence-corrected chi connectivity index (χ4v) is 4.52. The van der Waals surface area contributed by atoms with Gasteiger partial charge in [-0.05, 0) is 74.9 Å². The maximum absolute atomic E-state index is 9.02. The Morgan fingerprint density at radius 2 is 1.13 bits per heavy atom. The fraction of sp³-hybridized carbons (Fsp3) is 0.300. The normalized spacial score (nSPS) is 13.3. The topological polar surface area (TPSA) is 23.8 Å². The van der Waals surface area contributed by atoms with Crippen molar-refractivity contribution in [3.63, 3.8) is 0 Å². The summed E-state index contributed by atoms with van der Waals surface area (Å²) in [5, 5.41) is 14.2. The van der Waals surface area contributed by atoms with Gasteiger partial charge >= 0.3 is 0 Å². The molecular formula is C30H31N. The van der Waals surface area contributed by atoms with E-state index in [1.165, 1.54) is 40.1 Å². The molecule has 0 saturated heterocycles. The van der Waals surface area contributed by atoms with Gasteiger partial charge in [-0.1, -0.05) is 94.4 Å². The first kappa shape index (κ1) is 21.1. The molecule has 0 heterocycles. The SMILES string of the molecule is CC(C)c1ccc(C#N)c2ccccc12.CC(C)c1ccc(C2CC2)c2ccccc12. The van der Waals surface area contributed by atoms with Gasteiger partial charge in [0.2, 0.25) is 0 Å². The summed E-state index contributed by atoms with van der Waals surface area (Å²) < 4.78 is 0. The molecule has 0 aliphatic heterocycles. The summed E-state index contributed by atoms with van der Waals surface area (Å²) in [5.41, 5.74) is 5.12. The molecule has 31 heavy (non-hydrogen) atoms. The second kappa shape index (κ2) is 8.94. The minimum absolute atomic E-state index is 0.489. The summed E-state index contributed by atoms with van der Waals surface area (Å²) in [6.45, 7) is 8.90. The van der Waals surface area contributed by atoms with Crippen molar-refractivity contribution in [1.29, 1.82) is 5.26 Å². The van der Waals surface area contributed by atoms with Crippen LogP contribution in [0.15, 0.2) is 72.8 Å². The first-order valence-corrected chi connectivity index (χ1v) is 11.4. The first-order chi connectivity index (χ1) is 15.0. The van der Waals surface area contributed by atoms with E-state index in [0.29, 0.717) is 11.8 Å². The number of hydrogen-bond acceptors (Lipinski definition) is 1. The zero-order valence-electron chi connectivity index (χ0n) is 19.0. The summed E-state index contributed by atoms with van der Waals surface area (Å²) >= 11 is 0. The number of hydrogen-bond donors (Lipinski definition) is 0. The van der Waals surface area contributed by atoms with E-state index >= 15 is 0 Å². The van der Waals surface area contributed by atoms with Crippen LogP contribution in [0.5, 0.6) is 0 Å². The minimum atomic E-state index is 0.489. The summed E-state index contributed by atoms with van der Waals surface area (Å²) in [5.74, 6) is 1.94. The lowest BCUT2D eigenvalue weighted by Crippen LogP contribution is -1.92. The third kappa shape index (κ3) is 4.35. The highest BCUT2D eigenvalue weighted by Gasteiger charge is 2.25. The van der Waals surface area contributed by atoms with Gasteiger partial charge in [-0.3, -0.25) is 0 Å². The van der Waals surface area contributed by atoms with Crippen molar-refractivity contribution in [2.45, 2.75) is 58.3 Å². The molecular weight excluding hydrogens is 374 g/mol. The van der Waals surface area contributed by atoms with E-state index in [1.54, 1.807) is 5.56 Å². The number of fused-ring (bicyclic) bond motifs is 2. The van der Waals surface area contributed by atoms with Crippen molar-refractivity contribution >= 4 is 21.5 Å². The van der Waals surface area contributed by atoms with E-state index in [2.05, 4.69) is 82.3 Å². The Hall–Kier alpha value is -3.11. The summed E-state index contributed by atoms with van der Waals surface area (Å²) in [4.78, 5) is 0. The Morgan fingerprint density at radius 1 is 0.645 bits per heavy atom. The van der Waals surface area contributed by atoms with Gasteiger partial charge in [0.05, 0.1) is 11.6 Å². The predicted molar refractivity (Wildman–Crippen MR) is 133 cm³/mol. The van der Waals surface area contributed by atoms with Crippen LogP contribution in [0.25, 0.3) is 21.5 Å². The van der Waals surface area contributed by atoms with Gasteiger partial charge < -0.3 is 0 Å². The first-order valence-electron chi connectivity index (χ1n) is 11.4. The Balaban J connectivity index is 0.000000150. The van der Waals surface area contributed by atoms with E-state index in [0.717, 1.165) is 16.9 Å². The van der Waals surface area contributed by atoms with E-state index in [-0.39, 0.29) is 0 Å². The van der Waals surface area contributed by atoms with Gasteiger partial charge in [0.25, 0.3) is 0 Å². The fourth-order valence-electron chi connectivity index (χ4n) is 4.52. The van der Waals surface area contributed by atoms with Gasteiger partial charge in [0, 0.05) is 0 Å². The smallest absolute Gasteiger partial charge is 0.0998 e. The van der Waals surface area contributed by atoms with Crippen LogP contribution in [0.4, 0.5) is 0 Å². The maximum Gasteiger partial charge on any atom is 0.0998 e. The van der Waals surface area contributed by atoms with E-state index in [9.17, 15) is 0 Å². The maximum atomic E-state index is 9.02. The highest BCUT2D eigenvalue weighted by atomic mass is 14.3. The summed E-state index contributed by atoms with van der Waals surface area (Å²) in [6.07, 6.45) is 2.76. The molecule has 1 fully saturated rings. The Labute approximate surface area is 186 Å². The zero-order valence-corrected chi connectivity index (χ0v) is 19.0. The summed E-state index contributed by atoms with van der Waals surface area (Å²) in [6, 6.07) is 27.9. The largest absolute Gasteiger partial charge is 0.192 e. The van der Waals surface area contributed by atoms with E-state index < -0.39 is 0 Å². The van der Waals surface area contributed by atoms with E-state index in [4.69, 9.17) is 5.26 Å². The molecule has 0 bridgehead atoms. The number of nitriles is 1. The molecule has 0 unspecified atom stereocenters. The number of rotatable bonds is 3. The van der Waals surface area contributed by atoms with Crippen molar-refractivity contribution in [2.75, 3.05) is 0 Å². The molecule has 0 amide bonds. The quantitative estimate of drug-likeness (QED) is 0.334. The molecule has 0 N–H and O–H groups in total. The molecule has 1 aliphatic carbocycles. The van der Waals surface area contributed by atoms with Crippen molar-refractivity contribution in [3.05, 3.63) is 95.1 Å². The highest BCUT2D eigenvalue weighted by Crippen LogP contribution is 2.44. The number of nitrogens with zero attached hydrogens (tertiary/aromatic N) is 1. The highest BCUT2D eigenvalue weighted by molar-refractivity contribution is 5.91. The molecule has 0 aromatic heterocycles. The van der Waals surface area contributed by atoms with E-state index in [1.807, 2.05) is 24.3 Å². The van der Waals surface area contributed by atoms with Crippen LogP contribution in [0.1, 0.15) is 80.5 Å². The average Bonchev–Trinajstić information content (AvgIpc) is 3.63. The molecule has 156 valence electrons.